The van der Waals surface area contributed by atoms with E-state index in [4.69, 9.17) is 18.5 Å². The molecule has 164 valence electrons. The van der Waals surface area contributed by atoms with E-state index in [0.717, 1.165) is 88.1 Å². The van der Waals surface area contributed by atoms with Crippen molar-refractivity contribution in [3.8, 4) is 11.5 Å². The Labute approximate surface area is 182 Å². The standard InChI is InChI=1S/C25H30N2O4/c1-5-20-18-10-12-22(16(3)24(18)30-26-20)28-14-8-7-9-15-29-23-13-11-19-21(6-2)27-31-25(19)17(23)4/h10-13H,5-9,14-15H2,1-4H3. The van der Waals surface area contributed by atoms with E-state index < -0.39 is 0 Å². The third-order valence-corrected chi connectivity index (χ3v) is 5.80. The molecule has 0 aliphatic rings. The van der Waals surface area contributed by atoms with Gasteiger partial charge >= 0.3 is 0 Å². The first kappa shape index (κ1) is 21.2. The number of unbranched alkanes of at least 4 members (excludes halogenated alkanes) is 2. The third kappa shape index (κ3) is 4.24. The number of nitrogens with zero attached hydrogens (tertiary/aromatic N) is 2. The Hall–Kier alpha value is -3.02. The average molecular weight is 423 g/mol. The highest BCUT2D eigenvalue weighted by Gasteiger charge is 2.14. The van der Waals surface area contributed by atoms with E-state index in [2.05, 4.69) is 24.2 Å². The van der Waals surface area contributed by atoms with E-state index in [1.165, 1.54) is 0 Å². The Balaban J connectivity index is 1.22. The first-order valence-electron chi connectivity index (χ1n) is 11.1. The van der Waals surface area contributed by atoms with Crippen molar-refractivity contribution in [2.75, 3.05) is 13.2 Å². The smallest absolute Gasteiger partial charge is 0.173 e. The van der Waals surface area contributed by atoms with Crippen molar-refractivity contribution >= 4 is 21.9 Å². The Bertz CT molecular complexity index is 1080. The number of benzene rings is 2. The van der Waals surface area contributed by atoms with E-state index in [-0.39, 0.29) is 0 Å². The van der Waals surface area contributed by atoms with E-state index in [1.807, 2.05) is 38.1 Å². The molecular weight excluding hydrogens is 392 g/mol. The highest BCUT2D eigenvalue weighted by atomic mass is 16.5. The number of aromatic nitrogens is 2. The minimum absolute atomic E-state index is 0.671. The summed E-state index contributed by atoms with van der Waals surface area (Å²) in [6, 6.07) is 8.11. The van der Waals surface area contributed by atoms with Crippen LogP contribution in [-0.2, 0) is 12.8 Å². The molecule has 0 bridgehead atoms. The summed E-state index contributed by atoms with van der Waals surface area (Å²) in [6.07, 6.45) is 4.70. The predicted octanol–water partition coefficient (Wildman–Crippen LogP) is 6.34. The Morgan fingerprint density at radius 1 is 0.677 bits per heavy atom. The molecule has 0 radical (unpaired) electrons. The van der Waals surface area contributed by atoms with Gasteiger partial charge in [-0.25, -0.2) is 0 Å². The highest BCUT2D eigenvalue weighted by molar-refractivity contribution is 5.85. The summed E-state index contributed by atoms with van der Waals surface area (Å²) in [6.45, 7) is 9.54. The topological polar surface area (TPSA) is 70.5 Å². The molecule has 0 atom stereocenters. The van der Waals surface area contributed by atoms with Crippen LogP contribution in [0.5, 0.6) is 11.5 Å². The van der Waals surface area contributed by atoms with Gasteiger partial charge in [0.25, 0.3) is 0 Å². The minimum atomic E-state index is 0.671. The summed E-state index contributed by atoms with van der Waals surface area (Å²) < 4.78 is 23.0. The van der Waals surface area contributed by atoms with Crippen LogP contribution in [0.15, 0.2) is 33.3 Å². The van der Waals surface area contributed by atoms with Gasteiger partial charge in [0, 0.05) is 21.9 Å². The van der Waals surface area contributed by atoms with Gasteiger partial charge in [0.05, 0.1) is 24.6 Å². The summed E-state index contributed by atoms with van der Waals surface area (Å²) in [7, 11) is 0. The maximum atomic E-state index is 5.98. The van der Waals surface area contributed by atoms with Crippen molar-refractivity contribution in [3.05, 3.63) is 46.8 Å². The first-order valence-corrected chi connectivity index (χ1v) is 11.1. The van der Waals surface area contributed by atoms with Gasteiger partial charge in [-0.15, -0.1) is 0 Å². The molecule has 0 saturated heterocycles. The zero-order valence-corrected chi connectivity index (χ0v) is 18.8. The van der Waals surface area contributed by atoms with Crippen molar-refractivity contribution in [3.63, 3.8) is 0 Å². The third-order valence-electron chi connectivity index (χ3n) is 5.80. The fourth-order valence-electron chi connectivity index (χ4n) is 3.90. The van der Waals surface area contributed by atoms with E-state index >= 15 is 0 Å². The molecule has 31 heavy (non-hydrogen) atoms. The lowest BCUT2D eigenvalue weighted by atomic mass is 10.1. The van der Waals surface area contributed by atoms with Crippen LogP contribution in [0, 0.1) is 13.8 Å². The number of hydrogen-bond acceptors (Lipinski definition) is 6. The van der Waals surface area contributed by atoms with Crippen LogP contribution in [0.1, 0.15) is 55.6 Å². The number of fused-ring (bicyclic) bond motifs is 2. The second-order valence-electron chi connectivity index (χ2n) is 7.85. The van der Waals surface area contributed by atoms with Crippen molar-refractivity contribution in [2.24, 2.45) is 0 Å². The van der Waals surface area contributed by atoms with Gasteiger partial charge in [-0.2, -0.15) is 0 Å². The highest BCUT2D eigenvalue weighted by Crippen LogP contribution is 2.31. The van der Waals surface area contributed by atoms with E-state index in [0.29, 0.717) is 13.2 Å². The van der Waals surface area contributed by atoms with Gasteiger partial charge in [-0.3, -0.25) is 0 Å². The second-order valence-corrected chi connectivity index (χ2v) is 7.85. The van der Waals surface area contributed by atoms with Gasteiger partial charge in [0.2, 0.25) is 0 Å². The molecule has 6 nitrogen and oxygen atoms in total. The normalized spacial score (nSPS) is 11.5. The Kier molecular flexibility index (Phi) is 6.44. The van der Waals surface area contributed by atoms with Gasteiger partial charge < -0.3 is 18.5 Å². The molecule has 2 aromatic carbocycles. The summed E-state index contributed by atoms with van der Waals surface area (Å²) in [5.74, 6) is 1.73. The number of ether oxygens (including phenoxy) is 2. The van der Waals surface area contributed by atoms with Crippen molar-refractivity contribution < 1.29 is 18.5 Å². The maximum Gasteiger partial charge on any atom is 0.173 e. The summed E-state index contributed by atoms with van der Waals surface area (Å²) in [5.41, 5.74) is 5.66. The first-order chi connectivity index (χ1) is 15.1. The molecule has 4 aromatic rings. The van der Waals surface area contributed by atoms with Crippen LogP contribution >= 0.6 is 0 Å². The van der Waals surface area contributed by atoms with Crippen LogP contribution in [0.4, 0.5) is 0 Å². The van der Waals surface area contributed by atoms with Gasteiger partial charge in [0.15, 0.2) is 11.2 Å². The molecule has 0 unspecified atom stereocenters. The molecule has 2 aromatic heterocycles. The van der Waals surface area contributed by atoms with Crippen LogP contribution in [0.3, 0.4) is 0 Å². The molecular formula is C25H30N2O4. The molecule has 0 aliphatic heterocycles. The lowest BCUT2D eigenvalue weighted by Gasteiger charge is -2.10. The van der Waals surface area contributed by atoms with Crippen molar-refractivity contribution in [1.29, 1.82) is 0 Å². The zero-order valence-electron chi connectivity index (χ0n) is 18.8. The summed E-state index contributed by atoms with van der Waals surface area (Å²) in [5, 5.41) is 10.4. The molecule has 0 spiro atoms. The second kappa shape index (κ2) is 9.41. The SMILES string of the molecule is CCc1noc2c(C)c(OCCCCCOc3ccc4c(CC)noc4c3C)ccc12. The average Bonchev–Trinajstić information content (AvgIpc) is 3.40. The maximum absolute atomic E-state index is 5.98. The van der Waals surface area contributed by atoms with Crippen LogP contribution in [-0.4, -0.2) is 23.5 Å². The monoisotopic (exact) mass is 422 g/mol. The lowest BCUT2D eigenvalue weighted by molar-refractivity contribution is 0.277. The molecule has 0 N–H and O–H groups in total. The number of hydrogen-bond donors (Lipinski definition) is 0. The largest absolute Gasteiger partial charge is 0.493 e. The van der Waals surface area contributed by atoms with Gasteiger partial charge in [-0.1, -0.05) is 24.2 Å². The summed E-state index contributed by atoms with van der Waals surface area (Å²) in [4.78, 5) is 0. The molecule has 0 fully saturated rings. The Morgan fingerprint density at radius 3 is 1.55 bits per heavy atom. The molecule has 0 saturated carbocycles. The molecule has 4 rings (SSSR count). The quantitative estimate of drug-likeness (QED) is 0.278. The molecule has 2 heterocycles. The summed E-state index contributed by atoms with van der Waals surface area (Å²) >= 11 is 0. The molecule has 6 heteroatoms. The fraction of sp³-hybridized carbons (Fsp3) is 0.440. The van der Waals surface area contributed by atoms with Crippen LogP contribution < -0.4 is 9.47 Å². The molecule has 0 aliphatic carbocycles. The van der Waals surface area contributed by atoms with Gasteiger partial charge in [-0.05, 0) is 70.2 Å². The fourth-order valence-corrected chi connectivity index (χ4v) is 3.90. The zero-order chi connectivity index (χ0) is 21.8. The van der Waals surface area contributed by atoms with Crippen LogP contribution in [0.2, 0.25) is 0 Å². The number of aryl methyl sites for hydroxylation is 4. The Morgan fingerprint density at radius 2 is 1.13 bits per heavy atom. The van der Waals surface area contributed by atoms with Gasteiger partial charge in [0.1, 0.15) is 11.5 Å². The van der Waals surface area contributed by atoms with E-state index in [1.54, 1.807) is 0 Å². The van der Waals surface area contributed by atoms with Crippen molar-refractivity contribution in [1.82, 2.24) is 10.3 Å². The van der Waals surface area contributed by atoms with Crippen LogP contribution in [0.25, 0.3) is 21.9 Å². The lowest BCUT2D eigenvalue weighted by Crippen LogP contribution is -2.02. The minimum Gasteiger partial charge on any atom is -0.493 e. The van der Waals surface area contributed by atoms with Crippen molar-refractivity contribution in [2.45, 2.75) is 59.8 Å². The molecule has 0 amide bonds. The van der Waals surface area contributed by atoms with E-state index in [9.17, 15) is 0 Å². The predicted molar refractivity (Wildman–Crippen MR) is 121 cm³/mol. The number of rotatable bonds is 10.